The Kier molecular flexibility index (Phi) is 4.86. The van der Waals surface area contributed by atoms with Crippen LogP contribution in [0.3, 0.4) is 0 Å². The first-order chi connectivity index (χ1) is 11.1. The van der Waals surface area contributed by atoms with Gasteiger partial charge in [0.15, 0.2) is 23.2 Å². The lowest BCUT2D eigenvalue weighted by Gasteiger charge is -2.34. The average Bonchev–Trinajstić information content (AvgIpc) is 2.51. The molecule has 0 unspecified atom stereocenters. The van der Waals surface area contributed by atoms with Crippen molar-refractivity contribution in [3.63, 3.8) is 0 Å². The maximum atomic E-state index is 13.4. The molecule has 23 heavy (non-hydrogen) atoms. The second-order valence-corrected chi connectivity index (χ2v) is 5.76. The Labute approximate surface area is 132 Å². The minimum atomic E-state index is -1.21. The second-order valence-electron chi connectivity index (χ2n) is 5.76. The topological polar surface area (TPSA) is 18.5 Å². The maximum Gasteiger partial charge on any atom is 0.168 e. The van der Waals surface area contributed by atoms with E-state index in [4.69, 9.17) is 9.47 Å². The lowest BCUT2D eigenvalue weighted by molar-refractivity contribution is -0.0508. The first kappa shape index (κ1) is 15.9. The van der Waals surface area contributed by atoms with E-state index in [1.54, 1.807) is 0 Å². The SMILES string of the molecule is Fc1cc(F)c(OCC2CC(OCc3ccccc3)C2)cc1F. The summed E-state index contributed by atoms with van der Waals surface area (Å²) in [6.45, 7) is 0.837. The zero-order chi connectivity index (χ0) is 16.2. The van der Waals surface area contributed by atoms with Gasteiger partial charge in [-0.15, -0.1) is 0 Å². The highest BCUT2D eigenvalue weighted by molar-refractivity contribution is 5.26. The van der Waals surface area contributed by atoms with Gasteiger partial charge < -0.3 is 9.47 Å². The minimum absolute atomic E-state index is 0.165. The van der Waals surface area contributed by atoms with Crippen molar-refractivity contribution in [1.29, 1.82) is 0 Å². The molecule has 0 saturated heterocycles. The minimum Gasteiger partial charge on any atom is -0.490 e. The van der Waals surface area contributed by atoms with Gasteiger partial charge in [0.2, 0.25) is 0 Å². The zero-order valence-electron chi connectivity index (χ0n) is 12.5. The van der Waals surface area contributed by atoms with E-state index in [-0.39, 0.29) is 24.4 Å². The number of rotatable bonds is 6. The molecule has 1 fully saturated rings. The summed E-state index contributed by atoms with van der Waals surface area (Å²) in [7, 11) is 0. The highest BCUT2D eigenvalue weighted by atomic mass is 19.2. The standard InChI is InChI=1S/C18H17F3O2/c19-15-8-17(21)18(9-16(15)20)23-11-13-6-14(7-13)22-10-12-4-2-1-3-5-12/h1-5,8-9,13-14H,6-7,10-11H2. The summed E-state index contributed by atoms with van der Waals surface area (Å²) in [6.07, 6.45) is 1.80. The highest BCUT2D eigenvalue weighted by Crippen LogP contribution is 2.32. The summed E-state index contributed by atoms with van der Waals surface area (Å²) in [5.41, 5.74) is 1.12. The van der Waals surface area contributed by atoms with Crippen molar-refractivity contribution in [2.24, 2.45) is 5.92 Å². The Morgan fingerprint density at radius 2 is 1.61 bits per heavy atom. The van der Waals surface area contributed by atoms with Gasteiger partial charge in [0.1, 0.15) is 0 Å². The molecule has 0 bridgehead atoms. The molecule has 1 aliphatic rings. The summed E-state index contributed by atoms with van der Waals surface area (Å²) in [4.78, 5) is 0. The number of benzene rings is 2. The number of halogens is 3. The Balaban J connectivity index is 1.40. The molecule has 0 radical (unpaired) electrons. The van der Waals surface area contributed by atoms with Crippen LogP contribution in [0, 0.1) is 23.4 Å². The van der Waals surface area contributed by atoms with Gasteiger partial charge in [-0.25, -0.2) is 13.2 Å². The van der Waals surface area contributed by atoms with E-state index >= 15 is 0 Å². The first-order valence-corrected chi connectivity index (χ1v) is 7.54. The van der Waals surface area contributed by atoms with Gasteiger partial charge in [-0.05, 0) is 24.3 Å². The number of ether oxygens (including phenoxy) is 2. The number of hydrogen-bond donors (Lipinski definition) is 0. The molecule has 2 aromatic rings. The molecule has 122 valence electrons. The molecule has 2 aromatic carbocycles. The molecule has 2 nitrogen and oxygen atoms in total. The smallest absolute Gasteiger partial charge is 0.168 e. The van der Waals surface area contributed by atoms with Crippen LogP contribution in [0.4, 0.5) is 13.2 Å². The van der Waals surface area contributed by atoms with E-state index in [1.807, 2.05) is 30.3 Å². The Bertz CT molecular complexity index is 655. The van der Waals surface area contributed by atoms with Crippen LogP contribution < -0.4 is 4.74 Å². The molecular formula is C18H17F3O2. The fourth-order valence-electron chi connectivity index (χ4n) is 2.56. The van der Waals surface area contributed by atoms with Gasteiger partial charge in [-0.3, -0.25) is 0 Å². The quantitative estimate of drug-likeness (QED) is 0.730. The van der Waals surface area contributed by atoms with Gasteiger partial charge >= 0.3 is 0 Å². The van der Waals surface area contributed by atoms with Crippen LogP contribution in [-0.2, 0) is 11.3 Å². The van der Waals surface area contributed by atoms with E-state index in [1.165, 1.54) is 0 Å². The van der Waals surface area contributed by atoms with E-state index in [9.17, 15) is 13.2 Å². The second kappa shape index (κ2) is 7.04. The summed E-state index contributed by atoms with van der Waals surface area (Å²) in [6, 6.07) is 11.1. The van der Waals surface area contributed by atoms with Gasteiger partial charge in [-0.2, -0.15) is 0 Å². The first-order valence-electron chi connectivity index (χ1n) is 7.54. The largest absolute Gasteiger partial charge is 0.490 e. The van der Waals surface area contributed by atoms with E-state index in [0.29, 0.717) is 12.7 Å². The molecule has 0 amide bonds. The van der Waals surface area contributed by atoms with Crippen LogP contribution in [0.2, 0.25) is 0 Å². The number of hydrogen-bond acceptors (Lipinski definition) is 2. The fraction of sp³-hybridized carbons (Fsp3) is 0.333. The molecule has 5 heteroatoms. The van der Waals surface area contributed by atoms with Gasteiger partial charge in [0.05, 0.1) is 19.3 Å². The highest BCUT2D eigenvalue weighted by Gasteiger charge is 2.30. The van der Waals surface area contributed by atoms with Crippen LogP contribution in [0.5, 0.6) is 5.75 Å². The van der Waals surface area contributed by atoms with E-state index in [0.717, 1.165) is 24.5 Å². The third-order valence-corrected chi connectivity index (χ3v) is 3.97. The average molecular weight is 322 g/mol. The third-order valence-electron chi connectivity index (χ3n) is 3.97. The van der Waals surface area contributed by atoms with Gasteiger partial charge in [0, 0.05) is 12.1 Å². The molecular weight excluding hydrogens is 305 g/mol. The molecule has 0 aliphatic heterocycles. The molecule has 1 saturated carbocycles. The summed E-state index contributed by atoms with van der Waals surface area (Å²) < 4.78 is 50.3. The molecule has 0 atom stereocenters. The van der Waals surface area contributed by atoms with E-state index < -0.39 is 17.5 Å². The molecule has 3 rings (SSSR count). The Morgan fingerprint density at radius 1 is 0.913 bits per heavy atom. The molecule has 0 heterocycles. The summed E-state index contributed by atoms with van der Waals surface area (Å²) >= 11 is 0. The van der Waals surface area contributed by atoms with Crippen LogP contribution in [0.1, 0.15) is 18.4 Å². The third kappa shape index (κ3) is 4.05. The van der Waals surface area contributed by atoms with Crippen LogP contribution in [0.25, 0.3) is 0 Å². The van der Waals surface area contributed by atoms with Crippen molar-refractivity contribution < 1.29 is 22.6 Å². The fourth-order valence-corrected chi connectivity index (χ4v) is 2.56. The van der Waals surface area contributed by atoms with Crippen LogP contribution >= 0.6 is 0 Å². The summed E-state index contributed by atoms with van der Waals surface area (Å²) in [5.74, 6) is -3.23. The maximum absolute atomic E-state index is 13.4. The van der Waals surface area contributed by atoms with Crippen molar-refractivity contribution in [3.05, 3.63) is 65.5 Å². The zero-order valence-corrected chi connectivity index (χ0v) is 12.5. The molecule has 1 aliphatic carbocycles. The predicted octanol–water partition coefficient (Wildman–Crippen LogP) is 4.48. The monoisotopic (exact) mass is 322 g/mol. The van der Waals surface area contributed by atoms with Gasteiger partial charge in [-0.1, -0.05) is 30.3 Å². The lowest BCUT2D eigenvalue weighted by Crippen LogP contribution is -2.34. The van der Waals surface area contributed by atoms with E-state index in [2.05, 4.69) is 0 Å². The Hall–Kier alpha value is -2.01. The van der Waals surface area contributed by atoms with Crippen molar-refractivity contribution in [2.75, 3.05) is 6.61 Å². The predicted molar refractivity (Wildman–Crippen MR) is 79.6 cm³/mol. The van der Waals surface area contributed by atoms with Crippen molar-refractivity contribution in [2.45, 2.75) is 25.6 Å². The van der Waals surface area contributed by atoms with Crippen molar-refractivity contribution in [1.82, 2.24) is 0 Å². The van der Waals surface area contributed by atoms with Crippen LogP contribution in [-0.4, -0.2) is 12.7 Å². The Morgan fingerprint density at radius 3 is 2.35 bits per heavy atom. The summed E-state index contributed by atoms with van der Waals surface area (Å²) in [5, 5.41) is 0. The van der Waals surface area contributed by atoms with Gasteiger partial charge in [0.25, 0.3) is 0 Å². The van der Waals surface area contributed by atoms with Crippen LogP contribution in [0.15, 0.2) is 42.5 Å². The molecule has 0 aromatic heterocycles. The lowest BCUT2D eigenvalue weighted by atomic mass is 9.83. The molecule has 0 spiro atoms. The molecule has 0 N–H and O–H groups in total. The van der Waals surface area contributed by atoms with Crippen molar-refractivity contribution in [3.8, 4) is 5.75 Å². The van der Waals surface area contributed by atoms with Crippen molar-refractivity contribution >= 4 is 0 Å². The normalized spacial score (nSPS) is 20.1.